The zero-order chi connectivity index (χ0) is 19.6. The van der Waals surface area contributed by atoms with Gasteiger partial charge in [-0.05, 0) is 25.0 Å². The third-order valence-corrected chi connectivity index (χ3v) is 5.27. The molecule has 5 heteroatoms. The van der Waals surface area contributed by atoms with Crippen LogP contribution in [-0.4, -0.2) is 24.8 Å². The summed E-state index contributed by atoms with van der Waals surface area (Å²) in [6.07, 6.45) is 0. The first-order chi connectivity index (χ1) is 12.9. The SMILES string of the molecule is COC(=O)C(=O)[C@@H]1[C@@H](c2ccc(C)cc2)[C@@]1(C)C(=O)OCc1ccccc1. The number of ketones is 1. The van der Waals surface area contributed by atoms with Gasteiger partial charge in [0.25, 0.3) is 0 Å². The number of hydrogen-bond donors (Lipinski definition) is 0. The minimum Gasteiger partial charge on any atom is -0.463 e. The molecule has 5 nitrogen and oxygen atoms in total. The van der Waals surface area contributed by atoms with Crippen LogP contribution in [0.4, 0.5) is 0 Å². The number of carbonyl (C=O) groups is 3. The molecule has 3 rings (SSSR count). The number of rotatable bonds is 6. The highest BCUT2D eigenvalue weighted by Crippen LogP contribution is 2.65. The molecule has 0 saturated heterocycles. The topological polar surface area (TPSA) is 69.7 Å². The Kier molecular flexibility index (Phi) is 5.13. The van der Waals surface area contributed by atoms with Gasteiger partial charge in [-0.1, -0.05) is 60.2 Å². The molecule has 0 aromatic heterocycles. The molecule has 27 heavy (non-hydrogen) atoms. The summed E-state index contributed by atoms with van der Waals surface area (Å²) < 4.78 is 10.1. The van der Waals surface area contributed by atoms with Gasteiger partial charge >= 0.3 is 11.9 Å². The lowest BCUT2D eigenvalue weighted by atomic mass is 10.00. The van der Waals surface area contributed by atoms with Gasteiger partial charge in [0.1, 0.15) is 6.61 Å². The van der Waals surface area contributed by atoms with Crippen molar-refractivity contribution in [1.29, 1.82) is 0 Å². The average molecular weight is 366 g/mol. The van der Waals surface area contributed by atoms with E-state index in [9.17, 15) is 14.4 Å². The number of Topliss-reactive ketones (excluding diaryl/α,β-unsaturated/α-hetero) is 1. The highest BCUT2D eigenvalue weighted by molar-refractivity contribution is 6.36. The Bertz CT molecular complexity index is 856. The van der Waals surface area contributed by atoms with Crippen molar-refractivity contribution in [3.63, 3.8) is 0 Å². The first-order valence-corrected chi connectivity index (χ1v) is 8.79. The summed E-state index contributed by atoms with van der Waals surface area (Å²) in [5, 5.41) is 0. The van der Waals surface area contributed by atoms with E-state index in [2.05, 4.69) is 4.74 Å². The van der Waals surface area contributed by atoms with Gasteiger partial charge in [-0.2, -0.15) is 0 Å². The Balaban J connectivity index is 1.84. The fourth-order valence-electron chi connectivity index (χ4n) is 3.61. The maximum absolute atomic E-state index is 12.9. The number of hydrogen-bond acceptors (Lipinski definition) is 5. The van der Waals surface area contributed by atoms with Crippen LogP contribution in [0.3, 0.4) is 0 Å². The maximum Gasteiger partial charge on any atom is 0.374 e. The molecule has 1 aliphatic rings. The molecular formula is C22H22O5. The second kappa shape index (κ2) is 7.35. The van der Waals surface area contributed by atoms with Gasteiger partial charge in [0.2, 0.25) is 5.78 Å². The standard InChI is InChI=1S/C22H22O5/c1-14-9-11-16(12-10-14)17-18(19(23)20(24)26-3)22(17,2)21(25)27-13-15-7-5-4-6-8-15/h4-12,17-18H,13H2,1-3H3/t17-,18+,22-/m1/s1. The van der Waals surface area contributed by atoms with Crippen LogP contribution in [0.15, 0.2) is 54.6 Å². The van der Waals surface area contributed by atoms with E-state index in [4.69, 9.17) is 4.74 Å². The van der Waals surface area contributed by atoms with Crippen LogP contribution >= 0.6 is 0 Å². The molecular weight excluding hydrogens is 344 g/mol. The third-order valence-electron chi connectivity index (χ3n) is 5.27. The number of carbonyl (C=O) groups excluding carboxylic acids is 3. The second-order valence-electron chi connectivity index (χ2n) is 7.07. The Morgan fingerprint density at radius 1 is 1.00 bits per heavy atom. The normalized spacial score (nSPS) is 23.4. The fraction of sp³-hybridized carbons (Fsp3) is 0.318. The van der Waals surface area contributed by atoms with E-state index in [0.29, 0.717) is 0 Å². The van der Waals surface area contributed by atoms with E-state index < -0.39 is 35.0 Å². The van der Waals surface area contributed by atoms with E-state index in [1.807, 2.05) is 61.5 Å². The van der Waals surface area contributed by atoms with Crippen LogP contribution in [-0.2, 0) is 30.5 Å². The average Bonchev–Trinajstić information content (AvgIpc) is 3.33. The molecule has 3 atom stereocenters. The Morgan fingerprint density at radius 2 is 1.63 bits per heavy atom. The van der Waals surface area contributed by atoms with E-state index in [1.54, 1.807) is 6.92 Å². The van der Waals surface area contributed by atoms with Crippen LogP contribution in [0.1, 0.15) is 29.5 Å². The van der Waals surface area contributed by atoms with E-state index >= 15 is 0 Å². The summed E-state index contributed by atoms with van der Waals surface area (Å²) in [5.74, 6) is -3.30. The van der Waals surface area contributed by atoms with Gasteiger partial charge in [-0.3, -0.25) is 9.59 Å². The predicted octanol–water partition coefficient (Wildman–Crippen LogP) is 3.20. The van der Waals surface area contributed by atoms with Gasteiger partial charge in [0, 0.05) is 5.92 Å². The molecule has 0 unspecified atom stereocenters. The van der Waals surface area contributed by atoms with Crippen molar-refractivity contribution in [3.8, 4) is 0 Å². The van der Waals surface area contributed by atoms with E-state index in [-0.39, 0.29) is 6.61 Å². The van der Waals surface area contributed by atoms with Gasteiger partial charge in [0.05, 0.1) is 18.4 Å². The first kappa shape index (κ1) is 18.8. The molecule has 0 spiro atoms. The highest BCUT2D eigenvalue weighted by Gasteiger charge is 2.72. The molecule has 0 bridgehead atoms. The van der Waals surface area contributed by atoms with Crippen molar-refractivity contribution < 1.29 is 23.9 Å². The van der Waals surface area contributed by atoms with Gasteiger partial charge in [0.15, 0.2) is 0 Å². The summed E-state index contributed by atoms with van der Waals surface area (Å²) in [7, 11) is 1.16. The van der Waals surface area contributed by atoms with Crippen molar-refractivity contribution in [2.75, 3.05) is 7.11 Å². The quantitative estimate of drug-likeness (QED) is 0.580. The van der Waals surface area contributed by atoms with Crippen molar-refractivity contribution in [3.05, 3.63) is 71.3 Å². The molecule has 2 aromatic rings. The molecule has 0 N–H and O–H groups in total. The van der Waals surface area contributed by atoms with Crippen molar-refractivity contribution >= 4 is 17.7 Å². The minimum absolute atomic E-state index is 0.120. The fourth-order valence-corrected chi connectivity index (χ4v) is 3.61. The number of esters is 2. The number of benzene rings is 2. The lowest BCUT2D eigenvalue weighted by Crippen LogP contribution is -2.25. The summed E-state index contributed by atoms with van der Waals surface area (Å²) in [4.78, 5) is 37.1. The van der Waals surface area contributed by atoms with E-state index in [1.165, 1.54) is 0 Å². The molecule has 0 amide bonds. The van der Waals surface area contributed by atoms with Gasteiger partial charge in [-0.15, -0.1) is 0 Å². The molecule has 140 valence electrons. The number of aryl methyl sites for hydroxylation is 1. The Labute approximate surface area is 158 Å². The summed E-state index contributed by atoms with van der Waals surface area (Å²) in [6.45, 7) is 3.76. The molecule has 1 saturated carbocycles. The molecule has 0 aliphatic heterocycles. The zero-order valence-electron chi connectivity index (χ0n) is 15.6. The Morgan fingerprint density at radius 3 is 2.22 bits per heavy atom. The smallest absolute Gasteiger partial charge is 0.374 e. The highest BCUT2D eigenvalue weighted by atomic mass is 16.5. The summed E-state index contributed by atoms with van der Waals surface area (Å²) in [6, 6.07) is 16.9. The maximum atomic E-state index is 12.9. The number of methoxy groups -OCH3 is 1. The molecule has 0 radical (unpaired) electrons. The second-order valence-corrected chi connectivity index (χ2v) is 7.07. The van der Waals surface area contributed by atoms with Crippen molar-refractivity contribution in [2.45, 2.75) is 26.4 Å². The van der Waals surface area contributed by atoms with Crippen LogP contribution in [0.2, 0.25) is 0 Å². The number of ether oxygens (including phenoxy) is 2. The van der Waals surface area contributed by atoms with Crippen LogP contribution < -0.4 is 0 Å². The third kappa shape index (κ3) is 3.50. The van der Waals surface area contributed by atoms with Crippen LogP contribution in [0.25, 0.3) is 0 Å². The zero-order valence-corrected chi connectivity index (χ0v) is 15.6. The molecule has 1 aliphatic carbocycles. The van der Waals surface area contributed by atoms with Crippen molar-refractivity contribution in [1.82, 2.24) is 0 Å². The first-order valence-electron chi connectivity index (χ1n) is 8.79. The molecule has 2 aromatic carbocycles. The summed E-state index contributed by atoms with van der Waals surface area (Å²) in [5.41, 5.74) is 1.68. The monoisotopic (exact) mass is 366 g/mol. The summed E-state index contributed by atoms with van der Waals surface area (Å²) >= 11 is 0. The molecule has 1 fully saturated rings. The van der Waals surface area contributed by atoms with Gasteiger partial charge in [-0.25, -0.2) is 4.79 Å². The van der Waals surface area contributed by atoms with Crippen LogP contribution in [0.5, 0.6) is 0 Å². The van der Waals surface area contributed by atoms with E-state index in [0.717, 1.165) is 23.8 Å². The van der Waals surface area contributed by atoms with Crippen molar-refractivity contribution in [2.24, 2.45) is 11.3 Å². The lowest BCUT2D eigenvalue weighted by Gasteiger charge is -2.12. The predicted molar refractivity (Wildman–Crippen MR) is 98.8 cm³/mol. The molecule has 0 heterocycles. The van der Waals surface area contributed by atoms with Crippen LogP contribution in [0, 0.1) is 18.3 Å². The minimum atomic E-state index is -1.09. The lowest BCUT2D eigenvalue weighted by molar-refractivity contribution is -0.155. The Hall–Kier alpha value is -2.95. The van der Waals surface area contributed by atoms with Gasteiger partial charge < -0.3 is 9.47 Å². The largest absolute Gasteiger partial charge is 0.463 e.